The van der Waals surface area contributed by atoms with Crippen LogP contribution in [0.3, 0.4) is 0 Å². The van der Waals surface area contributed by atoms with Crippen molar-refractivity contribution in [2.45, 2.75) is 25.6 Å². The maximum atomic E-state index is 5.82. The van der Waals surface area contributed by atoms with Crippen molar-refractivity contribution in [2.24, 2.45) is 0 Å². The smallest absolute Gasteiger partial charge is 0.174 e. The van der Waals surface area contributed by atoms with Crippen molar-refractivity contribution in [3.8, 4) is 0 Å². The van der Waals surface area contributed by atoms with Gasteiger partial charge in [-0.3, -0.25) is 9.97 Å². The molecule has 4 heterocycles. The molecule has 0 saturated carbocycles. The highest BCUT2D eigenvalue weighted by Crippen LogP contribution is 2.41. The lowest BCUT2D eigenvalue weighted by molar-refractivity contribution is 0.532. The molecule has 5 nitrogen and oxygen atoms in total. The fourth-order valence-corrected chi connectivity index (χ4v) is 4.49. The van der Waals surface area contributed by atoms with Crippen LogP contribution in [0.1, 0.15) is 34.7 Å². The second-order valence-corrected chi connectivity index (χ2v) is 8.10. The predicted octanol–water partition coefficient (Wildman–Crippen LogP) is 4.81. The van der Waals surface area contributed by atoms with E-state index in [-0.39, 0.29) is 12.1 Å². The first-order valence-corrected chi connectivity index (χ1v) is 10.7. The zero-order valence-electron chi connectivity index (χ0n) is 17.2. The number of aromatic nitrogens is 3. The van der Waals surface area contributed by atoms with Gasteiger partial charge in [-0.05, 0) is 67.7 Å². The summed E-state index contributed by atoms with van der Waals surface area (Å²) in [6, 6.07) is 24.7. The van der Waals surface area contributed by atoms with Crippen molar-refractivity contribution in [1.82, 2.24) is 19.9 Å². The summed E-state index contributed by atoms with van der Waals surface area (Å²) in [5.74, 6) is 0. The molecule has 1 fully saturated rings. The molecule has 3 aromatic heterocycles. The predicted molar refractivity (Wildman–Crippen MR) is 127 cm³/mol. The second kappa shape index (κ2) is 8.32. The average Bonchev–Trinajstić information content (AvgIpc) is 3.39. The molecule has 1 aliphatic rings. The minimum Gasteiger partial charge on any atom is -0.351 e. The highest BCUT2D eigenvalue weighted by molar-refractivity contribution is 7.80. The van der Waals surface area contributed by atoms with E-state index in [4.69, 9.17) is 12.2 Å². The van der Waals surface area contributed by atoms with E-state index in [0.717, 1.165) is 22.8 Å². The number of hydrogen-bond acceptors (Lipinski definition) is 3. The summed E-state index contributed by atoms with van der Waals surface area (Å²) in [5, 5.41) is 4.23. The number of pyridine rings is 2. The van der Waals surface area contributed by atoms with Crippen LogP contribution in [0.15, 0.2) is 91.4 Å². The molecule has 2 unspecified atom stereocenters. The van der Waals surface area contributed by atoms with Gasteiger partial charge in [0, 0.05) is 30.0 Å². The lowest BCUT2D eigenvalue weighted by Crippen LogP contribution is -2.30. The van der Waals surface area contributed by atoms with E-state index >= 15 is 0 Å². The quantitative estimate of drug-likeness (QED) is 0.465. The van der Waals surface area contributed by atoms with E-state index in [1.54, 1.807) is 0 Å². The minimum atomic E-state index is -0.0626. The molecule has 154 valence electrons. The number of nitrogens with one attached hydrogen (secondary N) is 1. The van der Waals surface area contributed by atoms with Crippen molar-refractivity contribution in [3.63, 3.8) is 0 Å². The van der Waals surface area contributed by atoms with Crippen LogP contribution in [0, 0.1) is 6.92 Å². The van der Waals surface area contributed by atoms with E-state index < -0.39 is 0 Å². The van der Waals surface area contributed by atoms with Crippen molar-refractivity contribution in [2.75, 3.05) is 4.90 Å². The standard InChI is InChI=1S/C25H23N5S/c1-18-10-12-20(13-11-18)30-24(23(28-25(30)31)21-8-3-5-15-27-21)22-9-6-16-29(22)17-19-7-2-4-14-26-19/h2-16,23-24H,17H2,1H3,(H,28,31). The van der Waals surface area contributed by atoms with Crippen LogP contribution in [0.4, 0.5) is 5.69 Å². The first-order valence-electron chi connectivity index (χ1n) is 10.3. The molecule has 6 heteroatoms. The van der Waals surface area contributed by atoms with Crippen molar-refractivity contribution in [1.29, 1.82) is 0 Å². The lowest BCUT2D eigenvalue weighted by atomic mass is 10.0. The largest absolute Gasteiger partial charge is 0.351 e. The summed E-state index contributed by atoms with van der Waals surface area (Å²) in [6.07, 6.45) is 5.77. The average molecular weight is 426 g/mol. The van der Waals surface area contributed by atoms with E-state index in [1.807, 2.05) is 36.7 Å². The van der Waals surface area contributed by atoms with E-state index in [9.17, 15) is 0 Å². The molecule has 4 aromatic rings. The molecule has 0 spiro atoms. The van der Waals surface area contributed by atoms with Gasteiger partial charge in [0.15, 0.2) is 5.11 Å². The third-order valence-corrected chi connectivity index (χ3v) is 5.95. The summed E-state index contributed by atoms with van der Waals surface area (Å²) in [6.45, 7) is 2.79. The van der Waals surface area contributed by atoms with Crippen LogP contribution in [0.5, 0.6) is 0 Å². The molecular weight excluding hydrogens is 402 g/mol. The SMILES string of the molecule is Cc1ccc(N2C(=S)NC(c3ccccn3)C2c2cccn2Cc2ccccn2)cc1. The van der Waals surface area contributed by atoms with Crippen molar-refractivity contribution >= 4 is 23.0 Å². The Morgan fingerprint density at radius 2 is 1.68 bits per heavy atom. The number of benzene rings is 1. The fraction of sp³-hybridized carbons (Fsp3) is 0.160. The van der Waals surface area contributed by atoms with Gasteiger partial charge in [-0.2, -0.15) is 0 Å². The Morgan fingerprint density at radius 1 is 0.903 bits per heavy atom. The Kier molecular flexibility index (Phi) is 5.22. The molecule has 2 atom stereocenters. The molecule has 1 N–H and O–H groups in total. The first kappa shape index (κ1) is 19.5. The van der Waals surface area contributed by atoms with Gasteiger partial charge in [0.05, 0.1) is 24.0 Å². The van der Waals surface area contributed by atoms with Gasteiger partial charge < -0.3 is 14.8 Å². The molecule has 1 saturated heterocycles. The first-order chi connectivity index (χ1) is 15.2. The monoisotopic (exact) mass is 425 g/mol. The van der Waals surface area contributed by atoms with E-state index in [2.05, 4.69) is 86.4 Å². The van der Waals surface area contributed by atoms with Crippen molar-refractivity contribution < 1.29 is 0 Å². The highest BCUT2D eigenvalue weighted by Gasteiger charge is 2.41. The van der Waals surface area contributed by atoms with Crippen LogP contribution < -0.4 is 10.2 Å². The zero-order valence-corrected chi connectivity index (χ0v) is 18.0. The van der Waals surface area contributed by atoms with Crippen molar-refractivity contribution in [3.05, 3.63) is 114 Å². The molecule has 1 aromatic carbocycles. The van der Waals surface area contributed by atoms with Crippen LogP contribution in [-0.4, -0.2) is 19.6 Å². The van der Waals surface area contributed by atoms with E-state index in [0.29, 0.717) is 11.7 Å². The maximum Gasteiger partial charge on any atom is 0.174 e. The number of hydrogen-bond donors (Lipinski definition) is 1. The summed E-state index contributed by atoms with van der Waals surface area (Å²) in [5.41, 5.74) is 5.43. The number of anilines is 1. The summed E-state index contributed by atoms with van der Waals surface area (Å²) in [4.78, 5) is 11.4. The molecule has 0 aliphatic carbocycles. The summed E-state index contributed by atoms with van der Waals surface area (Å²) in [7, 11) is 0. The fourth-order valence-electron chi connectivity index (χ4n) is 4.14. The second-order valence-electron chi connectivity index (χ2n) is 7.71. The molecule has 31 heavy (non-hydrogen) atoms. The summed E-state index contributed by atoms with van der Waals surface area (Å²) < 4.78 is 2.25. The third kappa shape index (κ3) is 3.82. The molecule has 5 rings (SSSR count). The Morgan fingerprint density at radius 3 is 2.39 bits per heavy atom. The summed E-state index contributed by atoms with van der Waals surface area (Å²) >= 11 is 5.82. The van der Waals surface area contributed by atoms with Crippen LogP contribution in [0.2, 0.25) is 0 Å². The lowest BCUT2D eigenvalue weighted by Gasteiger charge is -2.29. The molecule has 1 aliphatic heterocycles. The number of rotatable bonds is 5. The molecule has 0 bridgehead atoms. The van der Waals surface area contributed by atoms with Gasteiger partial charge in [-0.15, -0.1) is 0 Å². The van der Waals surface area contributed by atoms with E-state index in [1.165, 1.54) is 5.56 Å². The van der Waals surface area contributed by atoms with Gasteiger partial charge in [0.25, 0.3) is 0 Å². The maximum absolute atomic E-state index is 5.82. The highest BCUT2D eigenvalue weighted by atomic mass is 32.1. The van der Waals surface area contributed by atoms with Crippen LogP contribution in [-0.2, 0) is 6.54 Å². The molecular formula is C25H23N5S. The Bertz CT molecular complexity index is 1170. The third-order valence-electron chi connectivity index (χ3n) is 5.64. The minimum absolute atomic E-state index is 0.0381. The van der Waals surface area contributed by atoms with Gasteiger partial charge in [0.2, 0.25) is 0 Å². The Hall–Kier alpha value is -3.51. The van der Waals surface area contributed by atoms with Gasteiger partial charge >= 0.3 is 0 Å². The van der Waals surface area contributed by atoms with Gasteiger partial charge in [-0.1, -0.05) is 29.8 Å². The number of thiocarbonyl (C=S) groups is 1. The normalized spacial score (nSPS) is 18.2. The Labute approximate surface area is 187 Å². The topological polar surface area (TPSA) is 46.0 Å². The molecule has 0 amide bonds. The zero-order chi connectivity index (χ0) is 21.2. The van der Waals surface area contributed by atoms with Crippen LogP contribution in [0.25, 0.3) is 0 Å². The Balaban J connectivity index is 1.60. The number of nitrogens with zero attached hydrogens (tertiary/aromatic N) is 4. The van der Waals surface area contributed by atoms with Gasteiger partial charge in [-0.25, -0.2) is 0 Å². The van der Waals surface area contributed by atoms with Crippen LogP contribution >= 0.6 is 12.2 Å². The number of aryl methyl sites for hydroxylation is 1. The van der Waals surface area contributed by atoms with Gasteiger partial charge in [0.1, 0.15) is 6.04 Å². The molecule has 0 radical (unpaired) electrons.